The lowest BCUT2D eigenvalue weighted by Crippen LogP contribution is -2.12. The van der Waals surface area contributed by atoms with Gasteiger partial charge in [-0.05, 0) is 48.5 Å². The maximum absolute atomic E-state index is 12.5. The molecule has 1 N–H and O–H groups in total. The number of fused-ring (bicyclic) bond motifs is 1. The number of amides is 1. The van der Waals surface area contributed by atoms with Gasteiger partial charge in [-0.3, -0.25) is 9.36 Å². The van der Waals surface area contributed by atoms with Crippen molar-refractivity contribution in [1.29, 1.82) is 0 Å². The lowest BCUT2D eigenvalue weighted by atomic mass is 10.1. The number of rotatable bonds is 6. The molecule has 0 atom stereocenters. The van der Waals surface area contributed by atoms with Gasteiger partial charge in [-0.25, -0.2) is 4.98 Å². The van der Waals surface area contributed by atoms with Gasteiger partial charge in [0, 0.05) is 34.1 Å². The summed E-state index contributed by atoms with van der Waals surface area (Å²) in [4.78, 5) is 21.7. The van der Waals surface area contributed by atoms with Crippen molar-refractivity contribution in [2.75, 3.05) is 5.32 Å². The van der Waals surface area contributed by atoms with Gasteiger partial charge in [0.1, 0.15) is 17.8 Å². The fourth-order valence-electron chi connectivity index (χ4n) is 3.54. The lowest BCUT2D eigenvalue weighted by molar-refractivity contribution is -0.116. The maximum Gasteiger partial charge on any atom is 0.308 e. The third kappa shape index (κ3) is 4.62. The third-order valence-electron chi connectivity index (χ3n) is 5.17. The van der Waals surface area contributed by atoms with E-state index in [9.17, 15) is 4.79 Å². The first kappa shape index (κ1) is 21.2. The second-order valence-electron chi connectivity index (χ2n) is 7.43. The van der Waals surface area contributed by atoms with Crippen molar-refractivity contribution in [3.05, 3.63) is 94.9 Å². The molecule has 2 heterocycles. The van der Waals surface area contributed by atoms with E-state index in [-0.39, 0.29) is 12.3 Å². The number of carbonyl (C=O) groups excluding carboxylic acids is 1. The number of hydrogen-bond donors (Lipinski definition) is 1. The van der Waals surface area contributed by atoms with E-state index in [1.165, 1.54) is 0 Å². The summed E-state index contributed by atoms with van der Waals surface area (Å²) in [5.41, 5.74) is 3.93. The molecule has 0 aliphatic carbocycles. The largest absolute Gasteiger partial charge is 0.427 e. The third-order valence-corrected chi connectivity index (χ3v) is 5.67. The van der Waals surface area contributed by atoms with E-state index in [4.69, 9.17) is 32.6 Å². The summed E-state index contributed by atoms with van der Waals surface area (Å²) in [7, 11) is 0. The van der Waals surface area contributed by atoms with Gasteiger partial charge in [-0.15, -0.1) is 0 Å². The Morgan fingerprint density at radius 2 is 1.64 bits per heavy atom. The molecule has 0 radical (unpaired) electrons. The Hall–Kier alpha value is -3.61. The minimum absolute atomic E-state index is 0.134. The molecule has 0 saturated heterocycles. The van der Waals surface area contributed by atoms with Crippen LogP contribution in [-0.4, -0.2) is 20.4 Å². The Morgan fingerprint density at radius 1 is 0.939 bits per heavy atom. The van der Waals surface area contributed by atoms with E-state index < -0.39 is 0 Å². The first-order valence-electron chi connectivity index (χ1n) is 10.3. The van der Waals surface area contributed by atoms with Crippen LogP contribution in [0.3, 0.4) is 0 Å². The second kappa shape index (κ2) is 9.10. The molecule has 0 bridgehead atoms. The number of para-hydroxylation sites is 2. The molecule has 0 unspecified atom stereocenters. The van der Waals surface area contributed by atoms with Crippen LogP contribution in [0.2, 0.25) is 10.0 Å². The van der Waals surface area contributed by atoms with E-state index in [1.807, 2.05) is 36.4 Å². The van der Waals surface area contributed by atoms with Crippen LogP contribution >= 0.6 is 23.2 Å². The summed E-state index contributed by atoms with van der Waals surface area (Å²) in [5.74, 6) is 0.474. The number of hydrogen-bond acceptors (Lipinski definition) is 4. The molecular formula is C25H18Cl2N4O2. The zero-order chi connectivity index (χ0) is 22.8. The Bertz CT molecular complexity index is 1420. The van der Waals surface area contributed by atoms with Gasteiger partial charge >= 0.3 is 6.01 Å². The minimum Gasteiger partial charge on any atom is -0.427 e. The molecule has 0 aliphatic rings. The number of benzene rings is 3. The number of imidazole rings is 1. The summed E-state index contributed by atoms with van der Waals surface area (Å²) in [6.07, 6.45) is 2.28. The number of nitrogens with zero attached hydrogens (tertiary/aromatic N) is 3. The highest BCUT2D eigenvalue weighted by Crippen LogP contribution is 2.29. The summed E-state index contributed by atoms with van der Waals surface area (Å²) in [5, 5.41) is 4.12. The molecule has 3 aromatic carbocycles. The van der Waals surface area contributed by atoms with Crippen LogP contribution in [0.1, 0.15) is 12.2 Å². The first-order chi connectivity index (χ1) is 16.1. The van der Waals surface area contributed by atoms with Crippen LogP contribution in [0, 0.1) is 0 Å². The molecule has 33 heavy (non-hydrogen) atoms. The van der Waals surface area contributed by atoms with Crippen molar-refractivity contribution in [3.63, 3.8) is 0 Å². The number of oxazole rings is 1. The minimum atomic E-state index is -0.134. The van der Waals surface area contributed by atoms with Crippen LogP contribution in [0.15, 0.2) is 83.5 Å². The molecule has 1 amide bonds. The topological polar surface area (TPSA) is 73.0 Å². The summed E-state index contributed by atoms with van der Waals surface area (Å²) < 4.78 is 7.95. The van der Waals surface area contributed by atoms with Gasteiger partial charge in [0.2, 0.25) is 5.91 Å². The molecular weight excluding hydrogens is 459 g/mol. The second-order valence-corrected chi connectivity index (χ2v) is 8.31. The molecule has 2 aromatic heterocycles. The van der Waals surface area contributed by atoms with Crippen LogP contribution in [0.5, 0.6) is 0 Å². The molecule has 5 aromatic rings. The Morgan fingerprint density at radius 3 is 2.39 bits per heavy atom. The van der Waals surface area contributed by atoms with Gasteiger partial charge in [0.05, 0.1) is 11.0 Å². The lowest BCUT2D eigenvalue weighted by Gasteiger charge is -2.05. The van der Waals surface area contributed by atoms with E-state index in [1.54, 1.807) is 47.3 Å². The quantitative estimate of drug-likeness (QED) is 0.301. The van der Waals surface area contributed by atoms with Crippen molar-refractivity contribution in [2.45, 2.75) is 12.8 Å². The van der Waals surface area contributed by atoms with Gasteiger partial charge in [0.15, 0.2) is 0 Å². The fraction of sp³-hybridized carbons (Fsp3) is 0.0800. The average Bonchev–Trinajstić information content (AvgIpc) is 3.44. The number of aryl methyl sites for hydroxylation is 1. The van der Waals surface area contributed by atoms with Gasteiger partial charge in [0.25, 0.3) is 0 Å². The van der Waals surface area contributed by atoms with Crippen LogP contribution < -0.4 is 5.32 Å². The molecule has 0 saturated carbocycles. The van der Waals surface area contributed by atoms with Crippen molar-refractivity contribution in [3.8, 4) is 17.3 Å². The highest BCUT2D eigenvalue weighted by atomic mass is 35.5. The van der Waals surface area contributed by atoms with E-state index in [2.05, 4.69) is 10.3 Å². The molecule has 0 spiro atoms. The van der Waals surface area contributed by atoms with Gasteiger partial charge < -0.3 is 9.73 Å². The van der Waals surface area contributed by atoms with Crippen molar-refractivity contribution >= 4 is 45.8 Å². The highest BCUT2D eigenvalue weighted by molar-refractivity contribution is 6.30. The number of nitrogens with one attached hydrogen (secondary N) is 1. The molecule has 0 aliphatic heterocycles. The number of carbonyl (C=O) groups is 1. The highest BCUT2D eigenvalue weighted by Gasteiger charge is 2.19. The Balaban J connectivity index is 1.44. The average molecular weight is 477 g/mol. The predicted molar refractivity (Wildman–Crippen MR) is 130 cm³/mol. The van der Waals surface area contributed by atoms with E-state index >= 15 is 0 Å². The number of anilines is 1. The van der Waals surface area contributed by atoms with E-state index in [0.29, 0.717) is 39.6 Å². The van der Waals surface area contributed by atoms with Crippen LogP contribution in [-0.2, 0) is 11.2 Å². The number of halogens is 2. The molecule has 164 valence electrons. The van der Waals surface area contributed by atoms with Crippen molar-refractivity contribution in [1.82, 2.24) is 14.5 Å². The van der Waals surface area contributed by atoms with Crippen molar-refractivity contribution < 1.29 is 9.21 Å². The Kier molecular flexibility index (Phi) is 5.86. The zero-order valence-corrected chi connectivity index (χ0v) is 18.8. The standard InChI is InChI=1S/C25H18Cl2N4O2/c26-17-7-5-16(6-8-17)24-22(13-14-23(32)29-19-11-9-18(27)10-12-19)33-25(30-24)31-15-28-20-3-1-2-4-21(20)31/h1-12,15H,13-14H2,(H,29,32). The zero-order valence-electron chi connectivity index (χ0n) is 17.3. The molecule has 6 nitrogen and oxygen atoms in total. The normalized spacial score (nSPS) is 11.1. The maximum atomic E-state index is 12.5. The molecule has 8 heteroatoms. The smallest absolute Gasteiger partial charge is 0.308 e. The number of aromatic nitrogens is 3. The van der Waals surface area contributed by atoms with Crippen LogP contribution in [0.4, 0.5) is 5.69 Å². The monoisotopic (exact) mass is 476 g/mol. The Labute approximate surface area is 199 Å². The summed E-state index contributed by atoms with van der Waals surface area (Å²) in [6, 6.07) is 22.5. The molecule has 0 fully saturated rings. The SMILES string of the molecule is O=C(CCc1oc(-n2cnc3ccccc32)nc1-c1ccc(Cl)cc1)Nc1ccc(Cl)cc1. The molecule has 5 rings (SSSR count). The predicted octanol–water partition coefficient (Wildman–Crippen LogP) is 6.56. The fourth-order valence-corrected chi connectivity index (χ4v) is 3.79. The summed E-state index contributed by atoms with van der Waals surface area (Å²) >= 11 is 12.0. The summed E-state index contributed by atoms with van der Waals surface area (Å²) in [6.45, 7) is 0. The van der Waals surface area contributed by atoms with E-state index in [0.717, 1.165) is 16.6 Å². The van der Waals surface area contributed by atoms with Crippen molar-refractivity contribution in [2.24, 2.45) is 0 Å². The van der Waals surface area contributed by atoms with Gasteiger partial charge in [-0.2, -0.15) is 4.98 Å². The van der Waals surface area contributed by atoms with Gasteiger partial charge in [-0.1, -0.05) is 47.5 Å². The van der Waals surface area contributed by atoms with Crippen LogP contribution in [0.25, 0.3) is 28.3 Å². The first-order valence-corrected chi connectivity index (χ1v) is 11.1.